The molecule has 92 valence electrons. The Morgan fingerprint density at radius 2 is 2.00 bits per heavy atom. The summed E-state index contributed by atoms with van der Waals surface area (Å²) in [6.07, 6.45) is 0. The minimum atomic E-state index is -0.164. The number of quaternary nitrogens is 1. The van der Waals surface area contributed by atoms with Crippen LogP contribution in [0.25, 0.3) is 0 Å². The summed E-state index contributed by atoms with van der Waals surface area (Å²) >= 11 is 0. The molecular weight excluding hydrogens is 222 g/mol. The van der Waals surface area contributed by atoms with Crippen LogP contribution in [0.1, 0.15) is 10.4 Å². The molecule has 1 fully saturated rings. The first kappa shape index (κ1) is 11.9. The molecule has 17 heavy (non-hydrogen) atoms. The second-order valence-corrected chi connectivity index (χ2v) is 4.16. The van der Waals surface area contributed by atoms with E-state index in [0.717, 1.165) is 18.0 Å². The number of carbonyl (C=O) groups excluding carboxylic acids is 1. The maximum atomic E-state index is 11.9. The first-order valence-electron chi connectivity index (χ1n) is 5.63. The molecule has 0 atom stereocenters. The molecule has 0 saturated carbocycles. The number of hydrogen-bond donors (Lipinski definition) is 3. The number of ketones is 1. The van der Waals surface area contributed by atoms with Crippen molar-refractivity contribution in [3.63, 3.8) is 0 Å². The molecule has 1 heterocycles. The molecule has 0 aromatic heterocycles. The van der Waals surface area contributed by atoms with Gasteiger partial charge in [0.25, 0.3) is 0 Å². The topological polar surface area (TPSA) is 71.2 Å². The monoisotopic (exact) mass is 238 g/mol. The van der Waals surface area contributed by atoms with Gasteiger partial charge in [0.05, 0.1) is 18.8 Å². The van der Waals surface area contributed by atoms with Gasteiger partial charge in [-0.05, 0) is 12.1 Å². The predicted octanol–water partition coefficient (Wildman–Crippen LogP) is -0.804. The van der Waals surface area contributed by atoms with Gasteiger partial charge < -0.3 is 19.8 Å². The summed E-state index contributed by atoms with van der Waals surface area (Å²) in [5.41, 5.74) is 0.266. The molecule has 1 aromatic rings. The summed E-state index contributed by atoms with van der Waals surface area (Å²) in [5, 5.41) is 18.7. The number of nitrogens with one attached hydrogen (secondary N) is 1. The Labute approximate surface area is 99.2 Å². The van der Waals surface area contributed by atoms with E-state index in [4.69, 9.17) is 9.84 Å². The van der Waals surface area contributed by atoms with E-state index in [1.165, 1.54) is 18.2 Å². The summed E-state index contributed by atoms with van der Waals surface area (Å²) < 4.78 is 5.21. The number of ether oxygens (including phenoxy) is 1. The average molecular weight is 238 g/mol. The second-order valence-electron chi connectivity index (χ2n) is 4.16. The van der Waals surface area contributed by atoms with Crippen molar-refractivity contribution in [2.75, 3.05) is 32.8 Å². The SMILES string of the molecule is O=C(C[NH+]1CCOCC1)c1ccc(O)cc1O. The molecule has 5 nitrogen and oxygen atoms in total. The van der Waals surface area contributed by atoms with Gasteiger partial charge in [0.2, 0.25) is 5.78 Å². The average Bonchev–Trinajstić information content (AvgIpc) is 2.30. The fourth-order valence-corrected chi connectivity index (χ4v) is 1.91. The molecule has 1 saturated heterocycles. The van der Waals surface area contributed by atoms with Gasteiger partial charge in [0, 0.05) is 6.07 Å². The van der Waals surface area contributed by atoms with Crippen LogP contribution < -0.4 is 4.90 Å². The molecule has 5 heteroatoms. The number of morpholine rings is 1. The minimum Gasteiger partial charge on any atom is -0.508 e. The molecule has 1 aliphatic heterocycles. The van der Waals surface area contributed by atoms with Crippen LogP contribution in [0.15, 0.2) is 18.2 Å². The van der Waals surface area contributed by atoms with Gasteiger partial charge in [-0.3, -0.25) is 4.79 Å². The van der Waals surface area contributed by atoms with Crippen molar-refractivity contribution >= 4 is 5.78 Å². The van der Waals surface area contributed by atoms with E-state index >= 15 is 0 Å². The van der Waals surface area contributed by atoms with Gasteiger partial charge in [-0.15, -0.1) is 0 Å². The smallest absolute Gasteiger partial charge is 0.220 e. The molecule has 0 bridgehead atoms. The van der Waals surface area contributed by atoms with Crippen LogP contribution in [0.5, 0.6) is 11.5 Å². The van der Waals surface area contributed by atoms with Crippen molar-refractivity contribution in [3.8, 4) is 11.5 Å². The number of aromatic hydroxyl groups is 2. The Morgan fingerprint density at radius 1 is 1.29 bits per heavy atom. The first-order chi connectivity index (χ1) is 8.16. The quantitative estimate of drug-likeness (QED) is 0.603. The Bertz CT molecular complexity index is 413. The zero-order valence-electron chi connectivity index (χ0n) is 9.48. The number of phenolic OH excluding ortho intramolecular Hbond substituents is 2. The van der Waals surface area contributed by atoms with Crippen molar-refractivity contribution in [1.29, 1.82) is 0 Å². The van der Waals surface area contributed by atoms with Gasteiger partial charge in [0.15, 0.2) is 0 Å². The fourth-order valence-electron chi connectivity index (χ4n) is 1.91. The van der Waals surface area contributed by atoms with Crippen molar-refractivity contribution in [1.82, 2.24) is 0 Å². The lowest BCUT2D eigenvalue weighted by atomic mass is 10.1. The van der Waals surface area contributed by atoms with E-state index in [2.05, 4.69) is 0 Å². The third-order valence-corrected chi connectivity index (χ3v) is 2.89. The number of benzene rings is 1. The van der Waals surface area contributed by atoms with Crippen molar-refractivity contribution in [2.45, 2.75) is 0 Å². The lowest BCUT2D eigenvalue weighted by Crippen LogP contribution is -3.14. The maximum Gasteiger partial charge on any atom is 0.220 e. The normalized spacial score (nSPS) is 16.9. The van der Waals surface area contributed by atoms with E-state index in [9.17, 15) is 9.90 Å². The number of carbonyl (C=O) groups is 1. The zero-order valence-corrected chi connectivity index (χ0v) is 9.48. The summed E-state index contributed by atoms with van der Waals surface area (Å²) in [6, 6.07) is 4.04. The van der Waals surface area contributed by atoms with E-state index in [-0.39, 0.29) is 22.8 Å². The summed E-state index contributed by atoms with van der Waals surface area (Å²) in [6.45, 7) is 3.31. The standard InChI is InChI=1S/C12H15NO4/c14-9-1-2-10(11(15)7-9)12(16)8-13-3-5-17-6-4-13/h1-2,7,14-15H,3-6,8H2/p+1. The van der Waals surface area contributed by atoms with E-state index in [0.29, 0.717) is 19.8 Å². The first-order valence-corrected chi connectivity index (χ1v) is 5.63. The van der Waals surface area contributed by atoms with Crippen LogP contribution in [-0.2, 0) is 4.74 Å². The predicted molar refractivity (Wildman–Crippen MR) is 60.5 cm³/mol. The van der Waals surface area contributed by atoms with E-state index in [1.807, 2.05) is 0 Å². The van der Waals surface area contributed by atoms with Crippen LogP contribution in [-0.4, -0.2) is 48.8 Å². The molecule has 1 aromatic carbocycles. The van der Waals surface area contributed by atoms with Crippen LogP contribution in [0, 0.1) is 0 Å². The van der Waals surface area contributed by atoms with Crippen molar-refractivity contribution in [2.24, 2.45) is 0 Å². The van der Waals surface area contributed by atoms with Crippen molar-refractivity contribution in [3.05, 3.63) is 23.8 Å². The van der Waals surface area contributed by atoms with E-state index < -0.39 is 0 Å². The molecule has 0 unspecified atom stereocenters. The minimum absolute atomic E-state index is 0.0437. The zero-order chi connectivity index (χ0) is 12.3. The summed E-state index contributed by atoms with van der Waals surface area (Å²) in [5.74, 6) is -0.320. The molecular formula is C12H16NO4+. The molecule has 0 aliphatic carbocycles. The molecule has 0 radical (unpaired) electrons. The largest absolute Gasteiger partial charge is 0.508 e. The summed E-state index contributed by atoms with van der Waals surface area (Å²) in [7, 11) is 0. The van der Waals surface area contributed by atoms with Gasteiger partial charge in [-0.25, -0.2) is 0 Å². The van der Waals surface area contributed by atoms with Gasteiger partial charge in [0.1, 0.15) is 31.1 Å². The Balaban J connectivity index is 2.03. The van der Waals surface area contributed by atoms with Crippen LogP contribution in [0.2, 0.25) is 0 Å². The van der Waals surface area contributed by atoms with Crippen LogP contribution in [0.4, 0.5) is 0 Å². The lowest BCUT2D eigenvalue weighted by Gasteiger charge is -2.23. The fraction of sp³-hybridized carbons (Fsp3) is 0.417. The van der Waals surface area contributed by atoms with Gasteiger partial charge in [-0.1, -0.05) is 0 Å². The molecule has 2 rings (SSSR count). The Kier molecular flexibility index (Phi) is 3.61. The third kappa shape index (κ3) is 2.95. The third-order valence-electron chi connectivity index (χ3n) is 2.89. The van der Waals surface area contributed by atoms with Crippen molar-refractivity contribution < 1.29 is 24.6 Å². The highest BCUT2D eigenvalue weighted by molar-refractivity contribution is 5.99. The number of hydrogen-bond acceptors (Lipinski definition) is 4. The molecule has 3 N–H and O–H groups in total. The maximum absolute atomic E-state index is 11.9. The van der Waals surface area contributed by atoms with Crippen LogP contribution in [0.3, 0.4) is 0 Å². The number of Topliss-reactive ketones (excluding diaryl/α,β-unsaturated/α-hetero) is 1. The Hall–Kier alpha value is -1.59. The lowest BCUT2D eigenvalue weighted by molar-refractivity contribution is -0.899. The number of phenols is 2. The highest BCUT2D eigenvalue weighted by Crippen LogP contribution is 2.22. The van der Waals surface area contributed by atoms with Crippen LogP contribution >= 0.6 is 0 Å². The highest BCUT2D eigenvalue weighted by atomic mass is 16.5. The van der Waals surface area contributed by atoms with Gasteiger partial charge in [-0.2, -0.15) is 0 Å². The highest BCUT2D eigenvalue weighted by Gasteiger charge is 2.20. The summed E-state index contributed by atoms with van der Waals surface area (Å²) in [4.78, 5) is 13.1. The van der Waals surface area contributed by atoms with Gasteiger partial charge >= 0.3 is 0 Å². The molecule has 1 aliphatic rings. The number of rotatable bonds is 3. The van der Waals surface area contributed by atoms with E-state index in [1.54, 1.807) is 0 Å². The molecule has 0 amide bonds. The second kappa shape index (κ2) is 5.16. The Morgan fingerprint density at radius 3 is 2.65 bits per heavy atom. The molecule has 0 spiro atoms.